The summed E-state index contributed by atoms with van der Waals surface area (Å²) in [5.41, 5.74) is 0. The molecule has 2 saturated heterocycles. The van der Waals surface area contributed by atoms with Gasteiger partial charge in [-0.1, -0.05) is 0 Å². The smallest absolute Gasteiger partial charge is 0.251 e. The first-order valence-corrected chi connectivity index (χ1v) is 3.77. The van der Waals surface area contributed by atoms with Crippen LogP contribution in [0.5, 0.6) is 0 Å². The molecule has 0 aromatic carbocycles. The minimum Gasteiger partial charge on any atom is -0.383 e. The zero-order chi connectivity index (χ0) is 7.14. The highest BCUT2D eigenvalue weighted by atomic mass is 16.3. The second-order valence-electron chi connectivity index (χ2n) is 3.08. The van der Waals surface area contributed by atoms with Crippen LogP contribution in [0, 0.1) is 0 Å². The summed E-state index contributed by atoms with van der Waals surface area (Å²) >= 11 is 0. The van der Waals surface area contributed by atoms with Crippen LogP contribution in [-0.4, -0.2) is 34.6 Å². The van der Waals surface area contributed by atoms with Crippen LogP contribution >= 0.6 is 0 Å². The second kappa shape index (κ2) is 1.95. The maximum absolute atomic E-state index is 11.1. The lowest BCUT2D eigenvalue weighted by Crippen LogP contribution is -2.29. The van der Waals surface area contributed by atoms with E-state index in [9.17, 15) is 4.79 Å². The largest absolute Gasteiger partial charge is 0.383 e. The number of amides is 1. The van der Waals surface area contributed by atoms with Gasteiger partial charge in [-0.25, -0.2) is 0 Å². The molecule has 2 rings (SSSR count). The molecule has 1 amide bonds. The van der Waals surface area contributed by atoms with Crippen molar-refractivity contribution in [3.05, 3.63) is 0 Å². The third kappa shape index (κ3) is 0.669. The highest BCUT2D eigenvalue weighted by molar-refractivity contribution is 5.83. The van der Waals surface area contributed by atoms with Crippen molar-refractivity contribution in [2.45, 2.75) is 31.4 Å². The van der Waals surface area contributed by atoms with Crippen LogP contribution in [0.3, 0.4) is 0 Å². The van der Waals surface area contributed by atoms with Crippen molar-refractivity contribution < 1.29 is 9.90 Å². The van der Waals surface area contributed by atoms with Gasteiger partial charge in [-0.05, 0) is 12.8 Å². The van der Waals surface area contributed by atoms with Crippen molar-refractivity contribution in [2.24, 2.45) is 0 Å². The molecule has 2 heterocycles. The molecule has 2 atom stereocenters. The first-order chi connectivity index (χ1) is 4.79. The Labute approximate surface area is 59.6 Å². The van der Waals surface area contributed by atoms with E-state index in [1.165, 1.54) is 0 Å². The summed E-state index contributed by atoms with van der Waals surface area (Å²) in [6.07, 6.45) is 2.18. The van der Waals surface area contributed by atoms with Gasteiger partial charge >= 0.3 is 0 Å². The number of hydrogen-bond donors (Lipinski definition) is 1. The Morgan fingerprint density at radius 3 is 3.10 bits per heavy atom. The molecule has 0 aliphatic carbocycles. The van der Waals surface area contributed by atoms with Gasteiger partial charge in [-0.2, -0.15) is 0 Å². The first kappa shape index (κ1) is 6.16. The van der Waals surface area contributed by atoms with Gasteiger partial charge in [-0.3, -0.25) is 4.79 Å². The van der Waals surface area contributed by atoms with Gasteiger partial charge in [0.05, 0.1) is 0 Å². The van der Waals surface area contributed by atoms with E-state index in [1.807, 2.05) is 4.90 Å². The van der Waals surface area contributed by atoms with Crippen molar-refractivity contribution in [3.63, 3.8) is 0 Å². The van der Waals surface area contributed by atoms with E-state index in [0.717, 1.165) is 19.4 Å². The fourth-order valence-electron chi connectivity index (χ4n) is 1.92. The highest BCUT2D eigenvalue weighted by Crippen LogP contribution is 2.28. The molecule has 2 aliphatic rings. The standard InChI is InChI=1S/C7H11NO2/c9-6-4-5-2-1-3-8(5)7(6)10/h5-6,9H,1-4H2/t5-,6-/m1/s1. The Hall–Kier alpha value is -0.570. The third-order valence-corrected chi connectivity index (χ3v) is 2.44. The summed E-state index contributed by atoms with van der Waals surface area (Å²) in [5.74, 6) is -0.0532. The molecule has 0 radical (unpaired) electrons. The monoisotopic (exact) mass is 141 g/mol. The van der Waals surface area contributed by atoms with E-state index in [2.05, 4.69) is 0 Å². The molecular weight excluding hydrogens is 130 g/mol. The van der Waals surface area contributed by atoms with Gasteiger partial charge in [0, 0.05) is 19.0 Å². The molecule has 3 heteroatoms. The second-order valence-corrected chi connectivity index (χ2v) is 3.08. The summed E-state index contributed by atoms with van der Waals surface area (Å²) in [5, 5.41) is 9.11. The predicted octanol–water partition coefficient (Wildman–Crippen LogP) is -0.258. The zero-order valence-electron chi connectivity index (χ0n) is 5.79. The summed E-state index contributed by atoms with van der Waals surface area (Å²) < 4.78 is 0. The molecule has 0 aromatic rings. The average Bonchev–Trinajstić information content (AvgIpc) is 2.41. The van der Waals surface area contributed by atoms with Crippen LogP contribution in [-0.2, 0) is 4.79 Å². The Morgan fingerprint density at radius 1 is 1.60 bits per heavy atom. The molecule has 2 fully saturated rings. The number of carbonyl (C=O) groups excluding carboxylic acids is 1. The number of rotatable bonds is 0. The summed E-state index contributed by atoms with van der Waals surface area (Å²) in [4.78, 5) is 12.9. The molecule has 10 heavy (non-hydrogen) atoms. The van der Waals surface area contributed by atoms with Gasteiger partial charge < -0.3 is 10.0 Å². The Morgan fingerprint density at radius 2 is 2.40 bits per heavy atom. The first-order valence-electron chi connectivity index (χ1n) is 3.77. The molecule has 0 unspecified atom stereocenters. The van der Waals surface area contributed by atoms with Crippen molar-refractivity contribution >= 4 is 5.91 Å². The van der Waals surface area contributed by atoms with E-state index in [0.29, 0.717) is 12.5 Å². The van der Waals surface area contributed by atoms with Crippen LogP contribution in [0.1, 0.15) is 19.3 Å². The number of carbonyl (C=O) groups is 1. The third-order valence-electron chi connectivity index (χ3n) is 2.44. The number of aliphatic hydroxyl groups excluding tert-OH is 1. The predicted molar refractivity (Wildman–Crippen MR) is 35.4 cm³/mol. The normalized spacial score (nSPS) is 38.9. The van der Waals surface area contributed by atoms with Gasteiger partial charge in [0.2, 0.25) is 0 Å². The topological polar surface area (TPSA) is 40.5 Å². The van der Waals surface area contributed by atoms with Crippen LogP contribution < -0.4 is 0 Å². The molecule has 3 nitrogen and oxygen atoms in total. The van der Waals surface area contributed by atoms with E-state index in [-0.39, 0.29) is 5.91 Å². The van der Waals surface area contributed by atoms with Gasteiger partial charge in [0.15, 0.2) is 0 Å². The highest BCUT2D eigenvalue weighted by Gasteiger charge is 2.40. The SMILES string of the molecule is O=C1[C@H](O)C[C@H]2CCCN12. The lowest BCUT2D eigenvalue weighted by atomic mass is 10.1. The maximum atomic E-state index is 11.1. The van der Waals surface area contributed by atoms with E-state index >= 15 is 0 Å². The Balaban J connectivity index is 2.17. The fourth-order valence-corrected chi connectivity index (χ4v) is 1.92. The van der Waals surface area contributed by atoms with Crippen molar-refractivity contribution in [1.29, 1.82) is 0 Å². The number of hydrogen-bond acceptors (Lipinski definition) is 2. The maximum Gasteiger partial charge on any atom is 0.251 e. The van der Waals surface area contributed by atoms with Crippen LogP contribution in [0.25, 0.3) is 0 Å². The van der Waals surface area contributed by atoms with Crippen molar-refractivity contribution in [2.75, 3.05) is 6.54 Å². The number of nitrogens with zero attached hydrogens (tertiary/aromatic N) is 1. The lowest BCUT2D eigenvalue weighted by Gasteiger charge is -2.13. The van der Waals surface area contributed by atoms with Crippen LogP contribution in [0.4, 0.5) is 0 Å². The molecule has 56 valence electrons. The van der Waals surface area contributed by atoms with E-state index in [1.54, 1.807) is 0 Å². The molecule has 0 bridgehead atoms. The van der Waals surface area contributed by atoms with Crippen LogP contribution in [0.2, 0.25) is 0 Å². The fraction of sp³-hybridized carbons (Fsp3) is 0.857. The Bertz CT molecular complexity index is 169. The molecule has 0 saturated carbocycles. The quantitative estimate of drug-likeness (QED) is 0.505. The van der Waals surface area contributed by atoms with E-state index < -0.39 is 6.10 Å². The molecule has 0 spiro atoms. The van der Waals surface area contributed by atoms with Crippen LogP contribution in [0.15, 0.2) is 0 Å². The lowest BCUT2D eigenvalue weighted by molar-refractivity contribution is -0.134. The zero-order valence-corrected chi connectivity index (χ0v) is 5.79. The average molecular weight is 141 g/mol. The molecular formula is C7H11NO2. The molecule has 1 N–H and O–H groups in total. The summed E-state index contributed by atoms with van der Waals surface area (Å²) in [7, 11) is 0. The minimum absolute atomic E-state index is 0.0532. The Kier molecular flexibility index (Phi) is 1.20. The van der Waals surface area contributed by atoms with Crippen molar-refractivity contribution in [3.8, 4) is 0 Å². The number of fused-ring (bicyclic) bond motifs is 1. The summed E-state index contributed by atoms with van der Waals surface area (Å²) in [6.45, 7) is 0.862. The van der Waals surface area contributed by atoms with Gasteiger partial charge in [0.1, 0.15) is 6.10 Å². The molecule has 2 aliphatic heterocycles. The van der Waals surface area contributed by atoms with E-state index in [4.69, 9.17) is 5.11 Å². The number of aliphatic hydroxyl groups is 1. The minimum atomic E-state index is -0.690. The molecule has 0 aromatic heterocycles. The van der Waals surface area contributed by atoms with Gasteiger partial charge in [0.25, 0.3) is 5.91 Å². The van der Waals surface area contributed by atoms with Gasteiger partial charge in [-0.15, -0.1) is 0 Å². The van der Waals surface area contributed by atoms with Crippen molar-refractivity contribution in [1.82, 2.24) is 4.90 Å². The summed E-state index contributed by atoms with van der Waals surface area (Å²) in [6, 6.07) is 0.363.